The quantitative estimate of drug-likeness (QED) is 0.781. The molecule has 2 aromatic carbocycles. The molecule has 25 heavy (non-hydrogen) atoms. The van der Waals surface area contributed by atoms with Gasteiger partial charge in [-0.2, -0.15) is 0 Å². The van der Waals surface area contributed by atoms with E-state index in [1.807, 2.05) is 18.2 Å². The lowest BCUT2D eigenvalue weighted by Gasteiger charge is -2.36. The molecule has 0 saturated heterocycles. The van der Waals surface area contributed by atoms with Crippen LogP contribution in [0.15, 0.2) is 48.5 Å². The van der Waals surface area contributed by atoms with Crippen LogP contribution in [0.4, 0.5) is 0 Å². The number of para-hydroxylation sites is 1. The fraction of sp³-hybridized carbons (Fsp3) is 0.429. The van der Waals surface area contributed by atoms with Crippen molar-refractivity contribution in [2.75, 3.05) is 6.61 Å². The molecule has 1 fully saturated rings. The minimum Gasteiger partial charge on any atom is -0.490 e. The Balaban J connectivity index is 1.75. The topological polar surface area (TPSA) is 69.9 Å². The van der Waals surface area contributed by atoms with Crippen molar-refractivity contribution >= 4 is 0 Å². The summed E-state index contributed by atoms with van der Waals surface area (Å²) in [4.78, 5) is 0. The van der Waals surface area contributed by atoms with Gasteiger partial charge in [-0.3, -0.25) is 0 Å². The zero-order valence-corrected chi connectivity index (χ0v) is 14.5. The molecule has 2 aromatic rings. The van der Waals surface area contributed by atoms with E-state index in [-0.39, 0.29) is 18.6 Å². The molecule has 0 spiro atoms. The Hall–Kier alpha value is -1.88. The van der Waals surface area contributed by atoms with Crippen LogP contribution in [0.5, 0.6) is 5.75 Å². The Morgan fingerprint density at radius 3 is 2.60 bits per heavy atom. The maximum absolute atomic E-state index is 10.0. The number of hydrogen-bond donors (Lipinski definition) is 3. The molecule has 0 heterocycles. The number of ether oxygens (including phenoxy) is 1. The molecule has 3 N–H and O–H groups in total. The molecule has 4 atom stereocenters. The SMILES string of the molecule is Cc1cccc(Cc2ccccc2O[C@@H]2C[C@H](CO)[C@@H](O)[C@H](O)C2)c1. The molecule has 3 rings (SSSR count). The maximum Gasteiger partial charge on any atom is 0.123 e. The van der Waals surface area contributed by atoms with Crippen LogP contribution < -0.4 is 4.74 Å². The molecule has 0 bridgehead atoms. The lowest BCUT2D eigenvalue weighted by atomic mass is 9.83. The van der Waals surface area contributed by atoms with Crippen LogP contribution in [-0.2, 0) is 6.42 Å². The second kappa shape index (κ2) is 8.00. The number of aliphatic hydroxyl groups is 3. The average molecular weight is 342 g/mol. The van der Waals surface area contributed by atoms with Gasteiger partial charge in [0.15, 0.2) is 0 Å². The van der Waals surface area contributed by atoms with Crippen molar-refractivity contribution in [1.82, 2.24) is 0 Å². The molecule has 134 valence electrons. The van der Waals surface area contributed by atoms with E-state index in [1.54, 1.807) is 0 Å². The van der Waals surface area contributed by atoms with Crippen LogP contribution in [0.1, 0.15) is 29.5 Å². The molecular formula is C21H26O4. The highest BCUT2D eigenvalue weighted by Gasteiger charge is 2.36. The molecule has 0 aromatic heterocycles. The third-order valence-corrected chi connectivity index (χ3v) is 4.93. The molecule has 1 saturated carbocycles. The van der Waals surface area contributed by atoms with Gasteiger partial charge in [0.1, 0.15) is 11.9 Å². The van der Waals surface area contributed by atoms with Crippen LogP contribution in [0.25, 0.3) is 0 Å². The summed E-state index contributed by atoms with van der Waals surface area (Å²) < 4.78 is 6.16. The van der Waals surface area contributed by atoms with Crippen LogP contribution in [0, 0.1) is 12.8 Å². The monoisotopic (exact) mass is 342 g/mol. The summed E-state index contributed by atoms with van der Waals surface area (Å²) in [6.45, 7) is 1.93. The standard InChI is InChI=1S/C21H26O4/c1-14-5-4-6-15(9-14)10-16-7-2-3-8-20(16)25-18-11-17(13-22)21(24)19(23)12-18/h2-9,17-19,21-24H,10-13H2,1H3/t17-,18-,19-,21-/m1/s1. The third-order valence-electron chi connectivity index (χ3n) is 4.93. The van der Waals surface area contributed by atoms with E-state index < -0.39 is 12.2 Å². The number of benzene rings is 2. The number of hydrogen-bond acceptors (Lipinski definition) is 4. The second-order valence-corrected chi connectivity index (χ2v) is 6.99. The summed E-state index contributed by atoms with van der Waals surface area (Å²) in [6.07, 6.45) is -0.273. The number of aryl methyl sites for hydroxylation is 1. The van der Waals surface area contributed by atoms with Gasteiger partial charge in [-0.1, -0.05) is 48.0 Å². The van der Waals surface area contributed by atoms with Crippen LogP contribution in [-0.4, -0.2) is 40.2 Å². The Morgan fingerprint density at radius 1 is 1.04 bits per heavy atom. The highest BCUT2D eigenvalue weighted by atomic mass is 16.5. The first-order valence-corrected chi connectivity index (χ1v) is 8.84. The highest BCUT2D eigenvalue weighted by Crippen LogP contribution is 2.30. The van der Waals surface area contributed by atoms with Crippen molar-refractivity contribution in [2.45, 2.75) is 44.5 Å². The lowest BCUT2D eigenvalue weighted by Crippen LogP contribution is -2.46. The van der Waals surface area contributed by atoms with Gasteiger partial charge in [0.2, 0.25) is 0 Å². The van der Waals surface area contributed by atoms with Gasteiger partial charge < -0.3 is 20.1 Å². The minimum absolute atomic E-state index is 0.150. The zero-order chi connectivity index (χ0) is 17.8. The van der Waals surface area contributed by atoms with E-state index in [9.17, 15) is 15.3 Å². The molecule has 1 aliphatic carbocycles. The number of aliphatic hydroxyl groups excluding tert-OH is 3. The minimum atomic E-state index is -0.882. The van der Waals surface area contributed by atoms with E-state index in [2.05, 4.69) is 37.3 Å². The summed E-state index contributed by atoms with van der Waals surface area (Å²) >= 11 is 0. The zero-order valence-electron chi connectivity index (χ0n) is 14.5. The first-order chi connectivity index (χ1) is 12.1. The summed E-state index contributed by atoms with van der Waals surface area (Å²) in [5, 5.41) is 29.4. The molecule has 0 aliphatic heterocycles. The van der Waals surface area contributed by atoms with Crippen molar-refractivity contribution in [3.8, 4) is 5.75 Å². The number of rotatable bonds is 5. The van der Waals surface area contributed by atoms with E-state index in [0.29, 0.717) is 12.8 Å². The smallest absolute Gasteiger partial charge is 0.123 e. The summed E-state index contributed by atoms with van der Waals surface area (Å²) in [5.41, 5.74) is 3.55. The lowest BCUT2D eigenvalue weighted by molar-refractivity contribution is -0.0892. The van der Waals surface area contributed by atoms with Crippen LogP contribution >= 0.6 is 0 Å². The van der Waals surface area contributed by atoms with Gasteiger partial charge in [0.05, 0.1) is 12.2 Å². The summed E-state index contributed by atoms with van der Waals surface area (Å²) in [6, 6.07) is 16.3. The predicted octanol–water partition coefficient (Wildman–Crippen LogP) is 2.46. The summed E-state index contributed by atoms with van der Waals surface area (Å²) in [7, 11) is 0. The van der Waals surface area contributed by atoms with Gasteiger partial charge in [0, 0.05) is 25.4 Å². The fourth-order valence-electron chi connectivity index (χ4n) is 3.56. The van der Waals surface area contributed by atoms with Crippen molar-refractivity contribution in [3.63, 3.8) is 0 Å². The third kappa shape index (κ3) is 4.40. The Kier molecular flexibility index (Phi) is 5.74. The van der Waals surface area contributed by atoms with Crippen molar-refractivity contribution in [3.05, 3.63) is 65.2 Å². The van der Waals surface area contributed by atoms with Crippen molar-refractivity contribution in [1.29, 1.82) is 0 Å². The Labute approximate surface area is 148 Å². The van der Waals surface area contributed by atoms with Crippen molar-refractivity contribution in [2.24, 2.45) is 5.92 Å². The van der Waals surface area contributed by atoms with Gasteiger partial charge in [-0.15, -0.1) is 0 Å². The Morgan fingerprint density at radius 2 is 1.84 bits per heavy atom. The first-order valence-electron chi connectivity index (χ1n) is 8.84. The molecule has 0 radical (unpaired) electrons. The van der Waals surface area contributed by atoms with E-state index in [1.165, 1.54) is 11.1 Å². The van der Waals surface area contributed by atoms with Gasteiger partial charge in [-0.05, 0) is 30.5 Å². The molecule has 0 amide bonds. The molecule has 0 unspecified atom stereocenters. The largest absolute Gasteiger partial charge is 0.490 e. The summed E-state index contributed by atoms with van der Waals surface area (Å²) in [5.74, 6) is 0.451. The predicted molar refractivity (Wildman–Crippen MR) is 96.7 cm³/mol. The molecule has 4 heteroatoms. The molecular weight excluding hydrogens is 316 g/mol. The van der Waals surface area contributed by atoms with Gasteiger partial charge >= 0.3 is 0 Å². The molecule has 4 nitrogen and oxygen atoms in total. The van der Waals surface area contributed by atoms with Gasteiger partial charge in [-0.25, -0.2) is 0 Å². The average Bonchev–Trinajstić information content (AvgIpc) is 2.59. The van der Waals surface area contributed by atoms with Crippen molar-refractivity contribution < 1.29 is 20.1 Å². The van der Waals surface area contributed by atoms with E-state index in [4.69, 9.17) is 4.74 Å². The van der Waals surface area contributed by atoms with Crippen LogP contribution in [0.3, 0.4) is 0 Å². The highest BCUT2D eigenvalue weighted by molar-refractivity contribution is 5.38. The fourth-order valence-corrected chi connectivity index (χ4v) is 3.56. The van der Waals surface area contributed by atoms with E-state index >= 15 is 0 Å². The van der Waals surface area contributed by atoms with Crippen LogP contribution in [0.2, 0.25) is 0 Å². The normalized spacial score (nSPS) is 26.4. The molecule has 1 aliphatic rings. The Bertz CT molecular complexity index is 700. The first kappa shape index (κ1) is 17.9. The van der Waals surface area contributed by atoms with Gasteiger partial charge in [0.25, 0.3) is 0 Å². The van der Waals surface area contributed by atoms with E-state index in [0.717, 1.165) is 17.7 Å². The maximum atomic E-state index is 10.0. The second-order valence-electron chi connectivity index (χ2n) is 6.99.